The molecule has 4 aromatic rings. The van der Waals surface area contributed by atoms with Gasteiger partial charge in [0.05, 0.1) is 16.3 Å². The van der Waals surface area contributed by atoms with Crippen molar-refractivity contribution in [2.75, 3.05) is 37.6 Å². The molecule has 0 unspecified atom stereocenters. The number of hydrogen-bond donors (Lipinski definition) is 0. The lowest BCUT2D eigenvalue weighted by Gasteiger charge is -2.35. The number of aromatic nitrogens is 3. The first-order valence-electron chi connectivity index (χ1n) is 10.6. The van der Waals surface area contributed by atoms with Crippen molar-refractivity contribution < 1.29 is 0 Å². The Kier molecular flexibility index (Phi) is 5.46. The van der Waals surface area contributed by atoms with Crippen LogP contribution in [0.3, 0.4) is 0 Å². The maximum absolute atomic E-state index is 12.5. The van der Waals surface area contributed by atoms with Crippen LogP contribution in [0, 0.1) is 0 Å². The van der Waals surface area contributed by atoms with Crippen LogP contribution < -0.4 is 10.5 Å². The van der Waals surface area contributed by atoms with E-state index in [1.54, 1.807) is 22.4 Å². The van der Waals surface area contributed by atoms with Crippen LogP contribution >= 0.6 is 11.5 Å². The number of anilines is 1. The molecule has 1 aliphatic heterocycles. The molecular formula is C23H25N5OS. The summed E-state index contributed by atoms with van der Waals surface area (Å²) in [6.45, 7) is 5.88. The largest absolute Gasteiger partial charge is 0.353 e. The number of piperazine rings is 1. The molecule has 1 fully saturated rings. The second-order valence-corrected chi connectivity index (χ2v) is 8.60. The third kappa shape index (κ3) is 3.82. The van der Waals surface area contributed by atoms with Crippen molar-refractivity contribution in [3.8, 4) is 0 Å². The molecule has 0 atom stereocenters. The van der Waals surface area contributed by atoms with Crippen LogP contribution in [-0.4, -0.2) is 51.8 Å². The summed E-state index contributed by atoms with van der Waals surface area (Å²) < 4.78 is 7.55. The maximum Gasteiger partial charge on any atom is 0.274 e. The average molecular weight is 420 g/mol. The second-order valence-electron chi connectivity index (χ2n) is 7.80. The van der Waals surface area contributed by atoms with E-state index in [0.717, 1.165) is 62.2 Å². The van der Waals surface area contributed by atoms with Crippen LogP contribution in [0.2, 0.25) is 0 Å². The highest BCUT2D eigenvalue weighted by Gasteiger charge is 2.20. The predicted molar refractivity (Wildman–Crippen MR) is 124 cm³/mol. The minimum absolute atomic E-state index is 0.0113. The monoisotopic (exact) mass is 419 g/mol. The highest BCUT2D eigenvalue weighted by Crippen LogP contribution is 2.29. The molecule has 0 spiro atoms. The smallest absolute Gasteiger partial charge is 0.274 e. The van der Waals surface area contributed by atoms with Gasteiger partial charge in [-0.15, -0.1) is 0 Å². The normalized spacial score (nSPS) is 15.3. The third-order valence-corrected chi connectivity index (χ3v) is 6.70. The Morgan fingerprint density at radius 1 is 0.867 bits per heavy atom. The zero-order chi connectivity index (χ0) is 20.3. The molecule has 1 saturated heterocycles. The number of rotatable bonds is 6. The summed E-state index contributed by atoms with van der Waals surface area (Å²) in [5, 5.41) is 7.26. The topological polar surface area (TPSA) is 54.3 Å². The summed E-state index contributed by atoms with van der Waals surface area (Å²) in [7, 11) is 0. The van der Waals surface area contributed by atoms with E-state index >= 15 is 0 Å². The van der Waals surface area contributed by atoms with Gasteiger partial charge in [-0.25, -0.2) is 4.68 Å². The van der Waals surface area contributed by atoms with Gasteiger partial charge in [-0.3, -0.25) is 9.69 Å². The Balaban J connectivity index is 1.11. The highest BCUT2D eigenvalue weighted by atomic mass is 32.1. The van der Waals surface area contributed by atoms with Gasteiger partial charge in [-0.2, -0.15) is 9.47 Å². The number of fused-ring (bicyclic) bond motifs is 2. The molecule has 5 rings (SSSR count). The SMILES string of the molecule is O=c1c2ccccc2cnn1CCCCN1CCN(c2nsc3ccccc23)CC1. The molecule has 154 valence electrons. The van der Waals surface area contributed by atoms with Crippen LogP contribution in [-0.2, 0) is 6.54 Å². The Hall–Kier alpha value is -2.77. The van der Waals surface area contributed by atoms with Crippen molar-refractivity contribution in [2.24, 2.45) is 0 Å². The summed E-state index contributed by atoms with van der Waals surface area (Å²) in [5.41, 5.74) is 0.0113. The van der Waals surface area contributed by atoms with Gasteiger partial charge in [-0.1, -0.05) is 30.3 Å². The van der Waals surface area contributed by atoms with Crippen molar-refractivity contribution in [3.63, 3.8) is 0 Å². The van der Waals surface area contributed by atoms with Gasteiger partial charge < -0.3 is 4.90 Å². The Morgan fingerprint density at radius 3 is 2.47 bits per heavy atom. The van der Waals surface area contributed by atoms with Gasteiger partial charge in [0.25, 0.3) is 5.56 Å². The van der Waals surface area contributed by atoms with Gasteiger partial charge in [-0.05, 0) is 49.1 Å². The molecule has 2 aromatic heterocycles. The zero-order valence-electron chi connectivity index (χ0n) is 16.9. The lowest BCUT2D eigenvalue weighted by molar-refractivity contribution is 0.250. The van der Waals surface area contributed by atoms with Gasteiger partial charge in [0.15, 0.2) is 0 Å². The zero-order valence-corrected chi connectivity index (χ0v) is 17.7. The van der Waals surface area contributed by atoms with Gasteiger partial charge in [0.2, 0.25) is 0 Å². The predicted octanol–water partition coefficient (Wildman–Crippen LogP) is 3.61. The minimum atomic E-state index is 0.0113. The summed E-state index contributed by atoms with van der Waals surface area (Å²) in [5.74, 6) is 1.14. The van der Waals surface area contributed by atoms with Crippen molar-refractivity contribution in [1.82, 2.24) is 19.1 Å². The quantitative estimate of drug-likeness (QED) is 0.447. The van der Waals surface area contributed by atoms with Crippen LogP contribution in [0.5, 0.6) is 0 Å². The van der Waals surface area contributed by atoms with Crippen molar-refractivity contribution in [2.45, 2.75) is 19.4 Å². The molecule has 0 amide bonds. The van der Waals surface area contributed by atoms with Crippen molar-refractivity contribution in [1.29, 1.82) is 0 Å². The molecule has 0 N–H and O–H groups in total. The molecular weight excluding hydrogens is 394 g/mol. The van der Waals surface area contributed by atoms with E-state index in [-0.39, 0.29) is 5.56 Å². The maximum atomic E-state index is 12.5. The van der Waals surface area contributed by atoms with Crippen LogP contribution in [0.15, 0.2) is 59.5 Å². The van der Waals surface area contributed by atoms with E-state index in [1.165, 1.54) is 10.1 Å². The molecule has 0 bridgehead atoms. The fraction of sp³-hybridized carbons (Fsp3) is 0.348. The molecule has 2 aromatic carbocycles. The third-order valence-electron chi connectivity index (χ3n) is 5.89. The first-order chi connectivity index (χ1) is 14.8. The minimum Gasteiger partial charge on any atom is -0.353 e. The molecule has 1 aliphatic rings. The van der Waals surface area contributed by atoms with E-state index in [2.05, 4.69) is 39.2 Å². The Morgan fingerprint density at radius 2 is 1.60 bits per heavy atom. The van der Waals surface area contributed by atoms with Crippen LogP contribution in [0.1, 0.15) is 12.8 Å². The summed E-state index contributed by atoms with van der Waals surface area (Å²) in [6, 6.07) is 16.1. The number of nitrogens with zero attached hydrogens (tertiary/aromatic N) is 5. The van der Waals surface area contributed by atoms with Gasteiger partial charge in [0, 0.05) is 43.5 Å². The second kappa shape index (κ2) is 8.53. The van der Waals surface area contributed by atoms with E-state index in [4.69, 9.17) is 4.37 Å². The molecule has 7 heteroatoms. The molecule has 0 aliphatic carbocycles. The van der Waals surface area contributed by atoms with Crippen LogP contribution in [0.25, 0.3) is 20.9 Å². The summed E-state index contributed by atoms with van der Waals surface area (Å²) in [4.78, 5) is 17.5. The summed E-state index contributed by atoms with van der Waals surface area (Å²) >= 11 is 1.59. The van der Waals surface area contributed by atoms with Gasteiger partial charge in [0.1, 0.15) is 5.82 Å². The fourth-order valence-corrected chi connectivity index (χ4v) is 4.96. The van der Waals surface area contributed by atoms with E-state index < -0.39 is 0 Å². The van der Waals surface area contributed by atoms with Gasteiger partial charge >= 0.3 is 0 Å². The lowest BCUT2D eigenvalue weighted by atomic mass is 10.2. The molecule has 30 heavy (non-hydrogen) atoms. The number of unbranched alkanes of at least 4 members (excludes halogenated alkanes) is 1. The first-order valence-corrected chi connectivity index (χ1v) is 11.3. The van der Waals surface area contributed by atoms with Crippen molar-refractivity contribution in [3.05, 3.63) is 65.1 Å². The average Bonchev–Trinajstić information content (AvgIpc) is 3.23. The molecule has 0 saturated carbocycles. The van der Waals surface area contributed by atoms with E-state index in [1.807, 2.05) is 24.3 Å². The number of benzene rings is 2. The lowest BCUT2D eigenvalue weighted by Crippen LogP contribution is -2.46. The van der Waals surface area contributed by atoms with Crippen molar-refractivity contribution >= 4 is 38.2 Å². The molecule has 0 radical (unpaired) electrons. The first kappa shape index (κ1) is 19.2. The number of aryl methyl sites for hydroxylation is 1. The van der Waals surface area contributed by atoms with E-state index in [0.29, 0.717) is 6.54 Å². The number of hydrogen-bond acceptors (Lipinski definition) is 6. The van der Waals surface area contributed by atoms with Crippen LogP contribution in [0.4, 0.5) is 5.82 Å². The molecule has 3 heterocycles. The fourth-order valence-electron chi connectivity index (χ4n) is 4.17. The Labute approximate surface area is 179 Å². The highest BCUT2D eigenvalue weighted by molar-refractivity contribution is 7.13. The van der Waals surface area contributed by atoms with E-state index in [9.17, 15) is 4.79 Å². The Bertz CT molecular complexity index is 1210. The standard InChI is InChI=1S/C23H25N5OS/c29-23-19-8-2-1-7-18(19)17-24-28(23)12-6-5-11-26-13-15-27(16-14-26)22-20-9-3-4-10-21(20)30-25-22/h1-4,7-10,17H,5-6,11-16H2. The summed E-state index contributed by atoms with van der Waals surface area (Å²) in [6.07, 6.45) is 3.82. The molecule has 6 nitrogen and oxygen atoms in total.